The minimum Gasteiger partial charge on any atom is -0.379 e. The van der Waals surface area contributed by atoms with E-state index in [1.165, 1.54) is 0 Å². The fourth-order valence-corrected chi connectivity index (χ4v) is 2.31. The molecule has 2 heterocycles. The van der Waals surface area contributed by atoms with E-state index in [1.54, 1.807) is 19.9 Å². The number of benzene rings is 1. The van der Waals surface area contributed by atoms with Gasteiger partial charge in [0.2, 0.25) is 5.60 Å². The van der Waals surface area contributed by atoms with Crippen LogP contribution in [0.5, 0.6) is 0 Å². The normalized spacial score (nSPS) is 20.4. The highest BCUT2D eigenvalue weighted by molar-refractivity contribution is 6.05. The van der Waals surface area contributed by atoms with E-state index < -0.39 is 5.60 Å². The molecule has 1 aliphatic rings. The molecular formula is C16H17N3O3. The van der Waals surface area contributed by atoms with Crippen molar-refractivity contribution in [2.24, 2.45) is 5.16 Å². The Morgan fingerprint density at radius 3 is 2.82 bits per heavy atom. The molecule has 6 heteroatoms. The average molecular weight is 299 g/mol. The fourth-order valence-electron chi connectivity index (χ4n) is 2.31. The standard InChI is InChI=1S/C16H17N3O3/c1-11-8-13(18-21-11)10-17-15(20)16(2)9-14(19-22-16)12-6-4-3-5-7-12/h3-8H,9-10H2,1-2H3,(H,17,20). The molecule has 6 nitrogen and oxygen atoms in total. The molecule has 1 aliphatic heterocycles. The van der Waals surface area contributed by atoms with Crippen molar-refractivity contribution in [1.29, 1.82) is 0 Å². The lowest BCUT2D eigenvalue weighted by atomic mass is 9.95. The molecule has 0 saturated carbocycles. The summed E-state index contributed by atoms with van der Waals surface area (Å²) >= 11 is 0. The quantitative estimate of drug-likeness (QED) is 0.938. The first-order chi connectivity index (χ1) is 10.6. The van der Waals surface area contributed by atoms with Gasteiger partial charge in [0.25, 0.3) is 5.91 Å². The number of nitrogens with zero attached hydrogens (tertiary/aromatic N) is 2. The highest BCUT2D eigenvalue weighted by atomic mass is 16.7. The Balaban J connectivity index is 1.61. The van der Waals surface area contributed by atoms with Crippen molar-refractivity contribution in [1.82, 2.24) is 10.5 Å². The van der Waals surface area contributed by atoms with E-state index in [-0.39, 0.29) is 5.91 Å². The minimum absolute atomic E-state index is 0.220. The Labute approximate surface area is 128 Å². The maximum absolute atomic E-state index is 12.4. The van der Waals surface area contributed by atoms with E-state index in [2.05, 4.69) is 15.6 Å². The number of hydrogen-bond acceptors (Lipinski definition) is 5. The van der Waals surface area contributed by atoms with Gasteiger partial charge in [-0.3, -0.25) is 4.79 Å². The van der Waals surface area contributed by atoms with Crippen LogP contribution in [0.4, 0.5) is 0 Å². The molecule has 3 rings (SSSR count). The Kier molecular flexibility index (Phi) is 3.66. The van der Waals surface area contributed by atoms with E-state index in [9.17, 15) is 4.79 Å². The van der Waals surface area contributed by atoms with Gasteiger partial charge < -0.3 is 14.7 Å². The fraction of sp³-hybridized carbons (Fsp3) is 0.312. The zero-order chi connectivity index (χ0) is 15.6. The van der Waals surface area contributed by atoms with Crippen molar-refractivity contribution in [3.8, 4) is 0 Å². The van der Waals surface area contributed by atoms with Gasteiger partial charge in [-0.05, 0) is 19.4 Å². The number of carbonyl (C=O) groups excluding carboxylic acids is 1. The molecular weight excluding hydrogens is 282 g/mol. The lowest BCUT2D eigenvalue weighted by molar-refractivity contribution is -0.141. The number of aryl methyl sites for hydroxylation is 1. The van der Waals surface area contributed by atoms with Crippen LogP contribution < -0.4 is 5.32 Å². The van der Waals surface area contributed by atoms with Gasteiger partial charge in [0.1, 0.15) is 11.5 Å². The number of aromatic nitrogens is 1. The van der Waals surface area contributed by atoms with Crippen LogP contribution in [0, 0.1) is 6.92 Å². The maximum atomic E-state index is 12.4. The minimum atomic E-state index is -0.996. The predicted molar refractivity (Wildman–Crippen MR) is 80.2 cm³/mol. The van der Waals surface area contributed by atoms with E-state index in [4.69, 9.17) is 9.36 Å². The van der Waals surface area contributed by atoms with Gasteiger partial charge in [-0.25, -0.2) is 0 Å². The first-order valence-electron chi connectivity index (χ1n) is 7.08. The highest BCUT2D eigenvalue weighted by Gasteiger charge is 2.42. The second-order valence-corrected chi connectivity index (χ2v) is 5.51. The number of hydrogen-bond donors (Lipinski definition) is 1. The number of rotatable bonds is 4. The van der Waals surface area contributed by atoms with Crippen molar-refractivity contribution < 1.29 is 14.2 Å². The van der Waals surface area contributed by atoms with Crippen LogP contribution in [0.3, 0.4) is 0 Å². The first-order valence-corrected chi connectivity index (χ1v) is 7.08. The summed E-state index contributed by atoms with van der Waals surface area (Å²) in [5.41, 5.74) is 1.42. The number of nitrogens with one attached hydrogen (secondary N) is 1. The van der Waals surface area contributed by atoms with Gasteiger partial charge in [-0.1, -0.05) is 40.6 Å². The molecule has 0 radical (unpaired) electrons. The van der Waals surface area contributed by atoms with Gasteiger partial charge in [0.05, 0.1) is 12.3 Å². The molecule has 0 fully saturated rings. The van der Waals surface area contributed by atoms with Crippen molar-refractivity contribution in [2.45, 2.75) is 32.4 Å². The van der Waals surface area contributed by atoms with Crippen LogP contribution in [0.1, 0.15) is 30.4 Å². The molecule has 1 aromatic carbocycles. The average Bonchev–Trinajstić information content (AvgIpc) is 3.13. The molecule has 0 spiro atoms. The SMILES string of the molecule is Cc1cc(CNC(=O)C2(C)CC(c3ccccc3)=NO2)no1. The summed E-state index contributed by atoms with van der Waals surface area (Å²) in [6.45, 7) is 3.84. The van der Waals surface area contributed by atoms with Crippen LogP contribution in [0.25, 0.3) is 0 Å². The smallest absolute Gasteiger partial charge is 0.267 e. The largest absolute Gasteiger partial charge is 0.379 e. The molecule has 1 N–H and O–H groups in total. The van der Waals surface area contributed by atoms with Gasteiger partial charge in [-0.15, -0.1) is 0 Å². The van der Waals surface area contributed by atoms with Crippen molar-refractivity contribution in [3.05, 3.63) is 53.4 Å². The van der Waals surface area contributed by atoms with Gasteiger partial charge in [-0.2, -0.15) is 0 Å². The number of carbonyl (C=O) groups is 1. The van der Waals surface area contributed by atoms with Crippen LogP contribution >= 0.6 is 0 Å². The van der Waals surface area contributed by atoms with Crippen LogP contribution in [-0.4, -0.2) is 22.4 Å². The molecule has 1 aromatic heterocycles. The zero-order valence-corrected chi connectivity index (χ0v) is 12.5. The second kappa shape index (κ2) is 5.63. The summed E-state index contributed by atoms with van der Waals surface area (Å²) in [4.78, 5) is 17.8. The molecule has 22 heavy (non-hydrogen) atoms. The summed E-state index contributed by atoms with van der Waals surface area (Å²) in [6, 6.07) is 11.5. The third-order valence-electron chi connectivity index (χ3n) is 3.56. The zero-order valence-electron chi connectivity index (χ0n) is 12.5. The van der Waals surface area contributed by atoms with E-state index in [1.807, 2.05) is 30.3 Å². The van der Waals surface area contributed by atoms with E-state index in [0.717, 1.165) is 11.3 Å². The van der Waals surface area contributed by atoms with Gasteiger partial charge >= 0.3 is 0 Å². The van der Waals surface area contributed by atoms with Crippen LogP contribution in [0.2, 0.25) is 0 Å². The molecule has 2 aromatic rings. The lowest BCUT2D eigenvalue weighted by Gasteiger charge is -2.19. The monoisotopic (exact) mass is 299 g/mol. The molecule has 0 saturated heterocycles. The van der Waals surface area contributed by atoms with Crippen molar-refractivity contribution in [2.75, 3.05) is 0 Å². The summed E-state index contributed by atoms with van der Waals surface area (Å²) in [6.07, 6.45) is 0.431. The maximum Gasteiger partial charge on any atom is 0.267 e. The molecule has 0 bridgehead atoms. The van der Waals surface area contributed by atoms with E-state index in [0.29, 0.717) is 24.4 Å². The molecule has 1 amide bonds. The summed E-state index contributed by atoms with van der Waals surface area (Å²) in [5, 5.41) is 10.7. The third kappa shape index (κ3) is 2.86. The second-order valence-electron chi connectivity index (χ2n) is 5.51. The Morgan fingerprint density at radius 2 is 2.14 bits per heavy atom. The van der Waals surface area contributed by atoms with Crippen LogP contribution in [0.15, 0.2) is 46.1 Å². The Bertz CT molecular complexity index is 708. The molecule has 1 atom stereocenters. The Hall–Kier alpha value is -2.63. The van der Waals surface area contributed by atoms with Crippen molar-refractivity contribution in [3.63, 3.8) is 0 Å². The summed E-state index contributed by atoms with van der Waals surface area (Å²) in [5.74, 6) is 0.491. The van der Waals surface area contributed by atoms with Crippen LogP contribution in [-0.2, 0) is 16.2 Å². The molecule has 0 aliphatic carbocycles. The highest BCUT2D eigenvalue weighted by Crippen LogP contribution is 2.26. The Morgan fingerprint density at radius 1 is 1.36 bits per heavy atom. The first kappa shape index (κ1) is 14.3. The third-order valence-corrected chi connectivity index (χ3v) is 3.56. The van der Waals surface area contributed by atoms with Gasteiger partial charge in [0, 0.05) is 12.5 Å². The number of oxime groups is 1. The van der Waals surface area contributed by atoms with Crippen molar-refractivity contribution >= 4 is 11.6 Å². The van der Waals surface area contributed by atoms with Gasteiger partial charge in [0.15, 0.2) is 0 Å². The number of amides is 1. The molecule has 1 unspecified atom stereocenters. The lowest BCUT2D eigenvalue weighted by Crippen LogP contribution is -2.44. The van der Waals surface area contributed by atoms with E-state index >= 15 is 0 Å². The molecule has 114 valence electrons. The summed E-state index contributed by atoms with van der Waals surface area (Å²) < 4.78 is 4.97. The topological polar surface area (TPSA) is 76.7 Å². The predicted octanol–water partition coefficient (Wildman–Crippen LogP) is 2.18. The summed E-state index contributed by atoms with van der Waals surface area (Å²) in [7, 11) is 0.